The Labute approximate surface area is 228 Å². The first-order valence-electron chi connectivity index (χ1n) is 13.5. The molecule has 1 atom stereocenters. The van der Waals surface area contributed by atoms with Crippen molar-refractivity contribution in [3.05, 3.63) is 65.2 Å². The van der Waals surface area contributed by atoms with E-state index in [9.17, 15) is 18.0 Å². The van der Waals surface area contributed by atoms with Gasteiger partial charge >= 0.3 is 0 Å². The molecule has 0 heterocycles. The number of aryl methyl sites for hydroxylation is 1. The molecule has 1 saturated carbocycles. The highest BCUT2D eigenvalue weighted by Gasteiger charge is 2.33. The van der Waals surface area contributed by atoms with Crippen LogP contribution in [0.1, 0.15) is 76.5 Å². The van der Waals surface area contributed by atoms with Crippen molar-refractivity contribution in [2.75, 3.05) is 17.1 Å². The van der Waals surface area contributed by atoms with Crippen molar-refractivity contribution in [3.8, 4) is 0 Å². The van der Waals surface area contributed by atoms with E-state index >= 15 is 0 Å². The maximum atomic E-state index is 13.9. The van der Waals surface area contributed by atoms with Gasteiger partial charge in [-0.3, -0.25) is 13.9 Å². The summed E-state index contributed by atoms with van der Waals surface area (Å²) in [5, 5.41) is 3.13. The lowest BCUT2D eigenvalue weighted by Gasteiger charge is -2.33. The maximum absolute atomic E-state index is 13.9. The van der Waals surface area contributed by atoms with Crippen LogP contribution in [0.5, 0.6) is 0 Å². The molecule has 0 unspecified atom stereocenters. The summed E-state index contributed by atoms with van der Waals surface area (Å²) in [6.45, 7) is 9.97. The Hall–Kier alpha value is -2.87. The average Bonchev–Trinajstić information content (AvgIpc) is 3.35. The zero-order chi connectivity index (χ0) is 28.1. The SMILES string of the molecule is CC[C@H](C(=O)NC1CCCC1)N(Cc1ccc(C)cc1)C(=O)CN(c1ccc(C(C)(C)C)cc1)S(C)(=O)=O. The van der Waals surface area contributed by atoms with Crippen LogP contribution in [0.2, 0.25) is 0 Å². The van der Waals surface area contributed by atoms with Crippen LogP contribution in [0, 0.1) is 6.92 Å². The van der Waals surface area contributed by atoms with E-state index in [1.165, 1.54) is 4.90 Å². The molecule has 208 valence electrons. The molecule has 0 spiro atoms. The quantitative estimate of drug-likeness (QED) is 0.462. The van der Waals surface area contributed by atoms with Crippen molar-refractivity contribution in [1.82, 2.24) is 10.2 Å². The van der Waals surface area contributed by atoms with Crippen LogP contribution >= 0.6 is 0 Å². The number of nitrogens with zero attached hydrogens (tertiary/aromatic N) is 2. The van der Waals surface area contributed by atoms with Gasteiger partial charge in [0.1, 0.15) is 12.6 Å². The number of anilines is 1. The molecule has 0 saturated heterocycles. The molecular weight excluding hydrogens is 498 g/mol. The molecule has 2 aromatic carbocycles. The normalized spacial score (nSPS) is 15.2. The molecule has 1 aliphatic rings. The number of nitrogens with one attached hydrogen (secondary N) is 1. The van der Waals surface area contributed by atoms with E-state index < -0.39 is 22.0 Å². The van der Waals surface area contributed by atoms with Gasteiger partial charge in [0.05, 0.1) is 11.9 Å². The van der Waals surface area contributed by atoms with Crippen LogP contribution in [-0.2, 0) is 31.6 Å². The minimum atomic E-state index is -3.76. The third-order valence-electron chi connectivity index (χ3n) is 7.26. The Morgan fingerprint density at radius 1 is 1.00 bits per heavy atom. The smallest absolute Gasteiger partial charge is 0.244 e. The molecule has 0 aliphatic heterocycles. The van der Waals surface area contributed by atoms with E-state index in [1.807, 2.05) is 50.2 Å². The first-order chi connectivity index (χ1) is 17.8. The van der Waals surface area contributed by atoms with Gasteiger partial charge in [0, 0.05) is 12.6 Å². The second-order valence-electron chi connectivity index (χ2n) is 11.5. The zero-order valence-electron chi connectivity index (χ0n) is 23.7. The summed E-state index contributed by atoms with van der Waals surface area (Å²) >= 11 is 0. The van der Waals surface area contributed by atoms with Crippen molar-refractivity contribution < 1.29 is 18.0 Å². The van der Waals surface area contributed by atoms with Gasteiger partial charge in [-0.25, -0.2) is 8.42 Å². The van der Waals surface area contributed by atoms with E-state index in [1.54, 1.807) is 12.1 Å². The summed E-state index contributed by atoms with van der Waals surface area (Å²) in [4.78, 5) is 28.8. The molecule has 2 amide bonds. The lowest BCUT2D eigenvalue weighted by molar-refractivity contribution is -0.140. The average molecular weight is 542 g/mol. The van der Waals surface area contributed by atoms with Crippen LogP contribution in [-0.4, -0.2) is 50.0 Å². The molecular formula is C30H43N3O4S. The Morgan fingerprint density at radius 2 is 1.58 bits per heavy atom. The molecule has 0 aromatic heterocycles. The number of carbonyl (C=O) groups excluding carboxylic acids is 2. The van der Waals surface area contributed by atoms with Crippen LogP contribution in [0.25, 0.3) is 0 Å². The van der Waals surface area contributed by atoms with Crippen LogP contribution in [0.3, 0.4) is 0 Å². The number of hydrogen-bond donors (Lipinski definition) is 1. The minimum absolute atomic E-state index is 0.0872. The monoisotopic (exact) mass is 541 g/mol. The fourth-order valence-electron chi connectivity index (χ4n) is 4.92. The highest BCUT2D eigenvalue weighted by atomic mass is 32.2. The second kappa shape index (κ2) is 12.3. The van der Waals surface area contributed by atoms with Crippen LogP contribution < -0.4 is 9.62 Å². The Balaban J connectivity index is 1.91. The second-order valence-corrected chi connectivity index (χ2v) is 13.4. The maximum Gasteiger partial charge on any atom is 0.244 e. The zero-order valence-corrected chi connectivity index (χ0v) is 24.5. The number of sulfonamides is 1. The number of benzene rings is 2. The van der Waals surface area contributed by atoms with Crippen LogP contribution in [0.4, 0.5) is 5.69 Å². The molecule has 38 heavy (non-hydrogen) atoms. The first kappa shape index (κ1) is 29.7. The van der Waals surface area contributed by atoms with Gasteiger partial charge in [-0.15, -0.1) is 0 Å². The Kier molecular flexibility index (Phi) is 9.63. The van der Waals surface area contributed by atoms with E-state index in [4.69, 9.17) is 0 Å². The number of carbonyl (C=O) groups is 2. The van der Waals surface area contributed by atoms with Gasteiger partial charge in [0.15, 0.2) is 0 Å². The summed E-state index contributed by atoms with van der Waals surface area (Å²) in [7, 11) is -3.76. The third-order valence-corrected chi connectivity index (χ3v) is 8.40. The fraction of sp³-hybridized carbons (Fsp3) is 0.533. The first-order valence-corrected chi connectivity index (χ1v) is 15.4. The van der Waals surface area contributed by atoms with Crippen molar-refractivity contribution >= 4 is 27.5 Å². The van der Waals surface area contributed by atoms with Gasteiger partial charge in [-0.1, -0.05) is 82.5 Å². The molecule has 1 fully saturated rings. The van der Waals surface area contributed by atoms with Gasteiger partial charge in [0.2, 0.25) is 21.8 Å². The topological polar surface area (TPSA) is 86.8 Å². The highest BCUT2D eigenvalue weighted by Crippen LogP contribution is 2.26. The number of hydrogen-bond acceptors (Lipinski definition) is 4. The molecule has 0 bridgehead atoms. The van der Waals surface area contributed by atoms with E-state index in [2.05, 4.69) is 26.1 Å². The predicted molar refractivity (Wildman–Crippen MR) is 154 cm³/mol. The lowest BCUT2D eigenvalue weighted by Crippen LogP contribution is -2.53. The van der Waals surface area contributed by atoms with Crippen molar-refractivity contribution in [2.24, 2.45) is 0 Å². The molecule has 8 heteroatoms. The van der Waals surface area contributed by atoms with Gasteiger partial charge in [-0.2, -0.15) is 0 Å². The molecule has 7 nitrogen and oxygen atoms in total. The number of amides is 2. The number of rotatable bonds is 10. The van der Waals surface area contributed by atoms with Crippen molar-refractivity contribution in [1.29, 1.82) is 0 Å². The lowest BCUT2D eigenvalue weighted by atomic mass is 9.87. The molecule has 2 aromatic rings. The summed E-state index contributed by atoms with van der Waals surface area (Å²) in [5.74, 6) is -0.593. The van der Waals surface area contributed by atoms with E-state index in [-0.39, 0.29) is 30.5 Å². The molecule has 0 radical (unpaired) electrons. The van der Waals surface area contributed by atoms with Crippen molar-refractivity contribution in [2.45, 2.75) is 90.8 Å². The minimum Gasteiger partial charge on any atom is -0.352 e. The van der Waals surface area contributed by atoms with E-state index in [0.29, 0.717) is 12.1 Å². The Bertz CT molecular complexity index is 1200. The standard InChI is InChI=1S/C30H43N3O4S/c1-7-27(29(35)31-25-10-8-9-11-25)32(20-23-14-12-22(2)13-15-23)28(34)21-33(38(6,36)37)26-18-16-24(17-19-26)30(3,4)5/h12-19,25,27H,7-11,20-21H2,1-6H3,(H,31,35)/t27-/m1/s1. The third kappa shape index (κ3) is 7.82. The molecule has 3 rings (SSSR count). The summed E-state index contributed by atoms with van der Waals surface area (Å²) in [5.41, 5.74) is 3.39. The highest BCUT2D eigenvalue weighted by molar-refractivity contribution is 7.92. The summed E-state index contributed by atoms with van der Waals surface area (Å²) in [6.07, 6.45) is 5.60. The van der Waals surface area contributed by atoms with Gasteiger partial charge < -0.3 is 10.2 Å². The molecule has 1 aliphatic carbocycles. The van der Waals surface area contributed by atoms with Gasteiger partial charge in [0.25, 0.3) is 0 Å². The summed E-state index contributed by atoms with van der Waals surface area (Å²) in [6, 6.07) is 14.5. The van der Waals surface area contributed by atoms with Gasteiger partial charge in [-0.05, 0) is 54.9 Å². The van der Waals surface area contributed by atoms with Crippen molar-refractivity contribution in [3.63, 3.8) is 0 Å². The predicted octanol–water partition coefficient (Wildman–Crippen LogP) is 4.92. The van der Waals surface area contributed by atoms with Crippen LogP contribution in [0.15, 0.2) is 48.5 Å². The summed E-state index contributed by atoms with van der Waals surface area (Å²) < 4.78 is 26.8. The molecule has 1 N–H and O–H groups in total. The Morgan fingerprint density at radius 3 is 2.08 bits per heavy atom. The largest absolute Gasteiger partial charge is 0.352 e. The van der Waals surface area contributed by atoms with E-state index in [0.717, 1.165) is 52.9 Å². The fourth-order valence-corrected chi connectivity index (χ4v) is 5.77.